The lowest BCUT2D eigenvalue weighted by Gasteiger charge is -2.35. The van der Waals surface area contributed by atoms with Crippen LogP contribution in [0.15, 0.2) is 54.9 Å². The number of carbonyl (C=O) groups is 1. The fourth-order valence-corrected chi connectivity index (χ4v) is 3.82. The number of nitrogens with zero attached hydrogens (tertiary/aromatic N) is 7. The van der Waals surface area contributed by atoms with Gasteiger partial charge in [-0.05, 0) is 36.4 Å². The number of methoxy groups -OCH3 is 1. The molecule has 3 heterocycles. The third-order valence-electron chi connectivity index (χ3n) is 5.62. The van der Waals surface area contributed by atoms with Crippen LogP contribution in [0.2, 0.25) is 0 Å². The summed E-state index contributed by atoms with van der Waals surface area (Å²) >= 11 is 0. The molecule has 0 radical (unpaired) electrons. The highest BCUT2D eigenvalue weighted by molar-refractivity contribution is 5.84. The summed E-state index contributed by atoms with van der Waals surface area (Å²) < 4.78 is 25.4. The summed E-state index contributed by atoms with van der Waals surface area (Å²) in [5, 5.41) is 8.60. The SMILES string of the molecule is COc1cccc(-n2nnc3c(N4CCN(C(=O)COc5ccc(F)cc5)CC4)ncnc32)c1. The Morgan fingerprint density at radius 2 is 1.82 bits per heavy atom. The van der Waals surface area contributed by atoms with E-state index in [0.717, 1.165) is 5.69 Å². The lowest BCUT2D eigenvalue weighted by Crippen LogP contribution is -2.50. The zero-order valence-electron chi connectivity index (χ0n) is 18.5. The Balaban J connectivity index is 1.26. The maximum absolute atomic E-state index is 13.0. The molecule has 0 unspecified atom stereocenters. The average molecular weight is 463 g/mol. The molecule has 0 aliphatic carbocycles. The van der Waals surface area contributed by atoms with Crippen molar-refractivity contribution in [1.82, 2.24) is 29.9 Å². The zero-order valence-corrected chi connectivity index (χ0v) is 18.5. The van der Waals surface area contributed by atoms with Gasteiger partial charge in [-0.1, -0.05) is 11.3 Å². The molecule has 174 valence electrons. The zero-order chi connectivity index (χ0) is 23.5. The van der Waals surface area contributed by atoms with Gasteiger partial charge >= 0.3 is 0 Å². The van der Waals surface area contributed by atoms with E-state index in [1.807, 2.05) is 24.3 Å². The van der Waals surface area contributed by atoms with Crippen LogP contribution in [-0.2, 0) is 4.79 Å². The maximum Gasteiger partial charge on any atom is 0.260 e. The Kier molecular flexibility index (Phi) is 5.90. The van der Waals surface area contributed by atoms with Crippen molar-refractivity contribution < 1.29 is 18.7 Å². The van der Waals surface area contributed by atoms with Crippen molar-refractivity contribution in [3.05, 3.63) is 60.7 Å². The van der Waals surface area contributed by atoms with Crippen molar-refractivity contribution in [3.8, 4) is 17.2 Å². The molecular weight excluding hydrogens is 441 g/mol. The van der Waals surface area contributed by atoms with E-state index >= 15 is 0 Å². The number of amides is 1. The third-order valence-corrected chi connectivity index (χ3v) is 5.62. The molecule has 0 atom stereocenters. The molecule has 1 aliphatic heterocycles. The molecule has 11 heteroatoms. The molecule has 1 fully saturated rings. The van der Waals surface area contributed by atoms with Crippen LogP contribution < -0.4 is 14.4 Å². The van der Waals surface area contributed by atoms with Gasteiger partial charge in [-0.15, -0.1) is 5.10 Å². The van der Waals surface area contributed by atoms with E-state index in [9.17, 15) is 9.18 Å². The van der Waals surface area contributed by atoms with Gasteiger partial charge in [0.15, 0.2) is 23.6 Å². The van der Waals surface area contributed by atoms with Crippen molar-refractivity contribution >= 4 is 22.9 Å². The smallest absolute Gasteiger partial charge is 0.260 e. The first-order valence-corrected chi connectivity index (χ1v) is 10.7. The van der Waals surface area contributed by atoms with E-state index in [1.165, 1.54) is 30.6 Å². The van der Waals surface area contributed by atoms with E-state index in [1.54, 1.807) is 16.7 Å². The standard InChI is InChI=1S/C23H22FN7O3/c1-33-19-4-2-3-17(13-19)31-23-21(27-28-31)22(25-15-26-23)30-11-9-29(10-12-30)20(32)14-34-18-7-5-16(24)6-8-18/h2-8,13,15H,9-12,14H2,1H3. The topological polar surface area (TPSA) is 98.5 Å². The summed E-state index contributed by atoms with van der Waals surface area (Å²) in [4.78, 5) is 25.2. The minimum Gasteiger partial charge on any atom is -0.497 e. The normalized spacial score (nSPS) is 13.8. The Hall–Kier alpha value is -4.28. The van der Waals surface area contributed by atoms with Gasteiger partial charge in [0.05, 0.1) is 12.8 Å². The molecule has 0 saturated carbocycles. The number of fused-ring (bicyclic) bond motifs is 1. The fraction of sp³-hybridized carbons (Fsp3) is 0.261. The first-order chi connectivity index (χ1) is 16.6. The van der Waals surface area contributed by atoms with Gasteiger partial charge in [0.2, 0.25) is 0 Å². The molecule has 10 nitrogen and oxygen atoms in total. The van der Waals surface area contributed by atoms with E-state index in [2.05, 4.69) is 25.2 Å². The monoisotopic (exact) mass is 463 g/mol. The van der Waals surface area contributed by atoms with Crippen LogP contribution in [0.4, 0.5) is 10.2 Å². The molecule has 4 aromatic rings. The van der Waals surface area contributed by atoms with Crippen LogP contribution in [0.5, 0.6) is 11.5 Å². The highest BCUT2D eigenvalue weighted by Gasteiger charge is 2.25. The summed E-state index contributed by atoms with van der Waals surface area (Å²) in [6.07, 6.45) is 1.49. The minimum atomic E-state index is -0.350. The molecule has 0 bridgehead atoms. The van der Waals surface area contributed by atoms with E-state index in [-0.39, 0.29) is 18.3 Å². The first kappa shape index (κ1) is 21.6. The number of benzene rings is 2. The molecule has 1 saturated heterocycles. The van der Waals surface area contributed by atoms with Gasteiger partial charge in [-0.25, -0.2) is 14.4 Å². The van der Waals surface area contributed by atoms with Gasteiger partial charge < -0.3 is 19.3 Å². The summed E-state index contributed by atoms with van der Waals surface area (Å²) in [5.74, 6) is 1.36. The molecular formula is C23H22FN7O3. The number of hydrogen-bond donors (Lipinski definition) is 0. The molecule has 2 aromatic heterocycles. The molecule has 34 heavy (non-hydrogen) atoms. The van der Waals surface area contributed by atoms with Crippen LogP contribution in [0.1, 0.15) is 0 Å². The number of rotatable bonds is 6. The van der Waals surface area contributed by atoms with Gasteiger partial charge in [-0.2, -0.15) is 4.68 Å². The summed E-state index contributed by atoms with van der Waals surface area (Å²) in [6, 6.07) is 13.1. The molecule has 5 rings (SSSR count). The summed E-state index contributed by atoms with van der Waals surface area (Å²) in [5.41, 5.74) is 1.96. The predicted octanol–water partition coefficient (Wildman–Crippen LogP) is 2.09. The van der Waals surface area contributed by atoms with E-state index < -0.39 is 0 Å². The fourth-order valence-electron chi connectivity index (χ4n) is 3.82. The second-order valence-electron chi connectivity index (χ2n) is 7.68. The molecule has 1 aliphatic rings. The molecule has 0 spiro atoms. The lowest BCUT2D eigenvalue weighted by atomic mass is 10.3. The van der Waals surface area contributed by atoms with E-state index in [0.29, 0.717) is 54.7 Å². The quantitative estimate of drug-likeness (QED) is 0.429. The van der Waals surface area contributed by atoms with Gasteiger partial charge in [0.1, 0.15) is 23.6 Å². The lowest BCUT2D eigenvalue weighted by molar-refractivity contribution is -0.133. The Labute approximate surface area is 194 Å². The number of ether oxygens (including phenoxy) is 2. The minimum absolute atomic E-state index is 0.0990. The van der Waals surface area contributed by atoms with Crippen molar-refractivity contribution in [3.63, 3.8) is 0 Å². The van der Waals surface area contributed by atoms with E-state index in [4.69, 9.17) is 9.47 Å². The molecule has 1 amide bonds. The highest BCUT2D eigenvalue weighted by atomic mass is 19.1. The second-order valence-corrected chi connectivity index (χ2v) is 7.68. The number of aromatic nitrogens is 5. The third kappa shape index (κ3) is 4.32. The van der Waals surface area contributed by atoms with Crippen molar-refractivity contribution in [2.45, 2.75) is 0 Å². The largest absolute Gasteiger partial charge is 0.497 e. The number of carbonyl (C=O) groups excluding carboxylic acids is 1. The van der Waals surface area contributed by atoms with Crippen molar-refractivity contribution in [1.29, 1.82) is 0 Å². The Morgan fingerprint density at radius 1 is 1.03 bits per heavy atom. The predicted molar refractivity (Wildman–Crippen MR) is 122 cm³/mol. The maximum atomic E-state index is 13.0. The van der Waals surface area contributed by atoms with Crippen molar-refractivity contribution in [2.75, 3.05) is 44.8 Å². The number of halogens is 1. The van der Waals surface area contributed by atoms with Crippen LogP contribution in [0.3, 0.4) is 0 Å². The summed E-state index contributed by atoms with van der Waals surface area (Å²) in [6.45, 7) is 2.10. The number of anilines is 1. The summed E-state index contributed by atoms with van der Waals surface area (Å²) in [7, 11) is 1.61. The second kappa shape index (κ2) is 9.30. The average Bonchev–Trinajstić information content (AvgIpc) is 3.33. The highest BCUT2D eigenvalue weighted by Crippen LogP contribution is 2.25. The van der Waals surface area contributed by atoms with Crippen LogP contribution in [0, 0.1) is 5.82 Å². The van der Waals surface area contributed by atoms with Gasteiger partial charge in [0, 0.05) is 32.2 Å². The number of piperazine rings is 1. The molecule has 2 aromatic carbocycles. The van der Waals surface area contributed by atoms with Crippen LogP contribution in [0.25, 0.3) is 16.9 Å². The first-order valence-electron chi connectivity index (χ1n) is 10.7. The van der Waals surface area contributed by atoms with Crippen molar-refractivity contribution in [2.24, 2.45) is 0 Å². The Bertz CT molecular complexity index is 1300. The molecule has 0 N–H and O–H groups in total. The van der Waals surface area contributed by atoms with Gasteiger partial charge in [0.25, 0.3) is 5.91 Å². The Morgan fingerprint density at radius 3 is 2.59 bits per heavy atom. The van der Waals surface area contributed by atoms with Gasteiger partial charge in [-0.3, -0.25) is 4.79 Å². The van der Waals surface area contributed by atoms with Crippen LogP contribution >= 0.6 is 0 Å². The van der Waals surface area contributed by atoms with Crippen LogP contribution in [-0.4, -0.2) is 75.7 Å². The number of hydrogen-bond acceptors (Lipinski definition) is 8.